The largest absolute Gasteiger partial charge is 0.409 e. The molecule has 1 aromatic carbocycles. The summed E-state index contributed by atoms with van der Waals surface area (Å²) < 4.78 is 1.10. The molecule has 0 aromatic heterocycles. The third-order valence-corrected chi connectivity index (χ3v) is 2.94. The SMILES string of the molecule is NC(CCCCNCc1ccc(Br)cc1)=NO. The van der Waals surface area contributed by atoms with Crippen LogP contribution in [0.5, 0.6) is 0 Å². The fraction of sp³-hybridized carbons (Fsp3) is 0.417. The molecule has 5 heteroatoms. The lowest BCUT2D eigenvalue weighted by Crippen LogP contribution is -2.16. The van der Waals surface area contributed by atoms with Crippen molar-refractivity contribution in [2.24, 2.45) is 10.9 Å². The van der Waals surface area contributed by atoms with Crippen LogP contribution >= 0.6 is 15.9 Å². The Hall–Kier alpha value is -1.07. The van der Waals surface area contributed by atoms with Crippen molar-refractivity contribution >= 4 is 21.8 Å². The smallest absolute Gasteiger partial charge is 0.139 e. The normalized spacial score (nSPS) is 11.7. The molecule has 0 aliphatic heterocycles. The van der Waals surface area contributed by atoms with Gasteiger partial charge in [-0.05, 0) is 37.1 Å². The van der Waals surface area contributed by atoms with Gasteiger partial charge in [0.1, 0.15) is 5.84 Å². The molecule has 0 fully saturated rings. The van der Waals surface area contributed by atoms with Crippen molar-refractivity contribution in [1.29, 1.82) is 0 Å². The molecule has 4 nitrogen and oxygen atoms in total. The molecule has 0 atom stereocenters. The Kier molecular flexibility index (Phi) is 6.65. The Labute approximate surface area is 110 Å². The average molecular weight is 300 g/mol. The number of rotatable bonds is 7. The highest BCUT2D eigenvalue weighted by Gasteiger charge is 1.95. The van der Waals surface area contributed by atoms with Crippen molar-refractivity contribution < 1.29 is 5.21 Å². The van der Waals surface area contributed by atoms with Gasteiger partial charge in [0.15, 0.2) is 0 Å². The summed E-state index contributed by atoms with van der Waals surface area (Å²) in [6, 6.07) is 8.26. The number of nitrogens with one attached hydrogen (secondary N) is 1. The number of unbranched alkanes of at least 4 members (excludes halogenated alkanes) is 1. The topological polar surface area (TPSA) is 70.6 Å². The van der Waals surface area contributed by atoms with Crippen molar-refractivity contribution in [2.75, 3.05) is 6.54 Å². The Morgan fingerprint density at radius 2 is 2.00 bits per heavy atom. The van der Waals surface area contributed by atoms with Gasteiger partial charge in [-0.25, -0.2) is 0 Å². The molecule has 1 aromatic rings. The van der Waals surface area contributed by atoms with Gasteiger partial charge in [0.05, 0.1) is 0 Å². The molecular formula is C12H18BrN3O. The standard InChI is InChI=1S/C12H18BrN3O/c13-11-6-4-10(5-7-11)9-15-8-2-1-3-12(14)16-17/h4-7,15,17H,1-3,8-9H2,(H2,14,16). The van der Waals surface area contributed by atoms with Crippen LogP contribution in [0.3, 0.4) is 0 Å². The summed E-state index contributed by atoms with van der Waals surface area (Å²) >= 11 is 3.40. The van der Waals surface area contributed by atoms with Crippen LogP contribution in [0, 0.1) is 0 Å². The number of nitrogens with two attached hydrogens (primary N) is 1. The van der Waals surface area contributed by atoms with E-state index < -0.39 is 0 Å². The molecule has 0 bridgehead atoms. The molecule has 17 heavy (non-hydrogen) atoms. The van der Waals surface area contributed by atoms with E-state index in [0.717, 1.165) is 30.4 Å². The quantitative estimate of drug-likeness (QED) is 0.238. The summed E-state index contributed by atoms with van der Waals surface area (Å²) in [6.45, 7) is 1.81. The lowest BCUT2D eigenvalue weighted by Gasteiger charge is -2.04. The number of amidine groups is 1. The zero-order chi connectivity index (χ0) is 12.5. The van der Waals surface area contributed by atoms with Crippen LogP contribution in [0.1, 0.15) is 24.8 Å². The van der Waals surface area contributed by atoms with E-state index in [4.69, 9.17) is 10.9 Å². The number of benzene rings is 1. The number of hydrogen-bond donors (Lipinski definition) is 3. The molecule has 94 valence electrons. The zero-order valence-corrected chi connectivity index (χ0v) is 11.3. The Morgan fingerprint density at radius 3 is 2.65 bits per heavy atom. The maximum absolute atomic E-state index is 8.35. The van der Waals surface area contributed by atoms with Gasteiger partial charge in [-0.15, -0.1) is 0 Å². The molecule has 0 saturated carbocycles. The molecule has 0 spiro atoms. The van der Waals surface area contributed by atoms with Crippen molar-refractivity contribution in [3.63, 3.8) is 0 Å². The van der Waals surface area contributed by atoms with E-state index in [2.05, 4.69) is 38.5 Å². The van der Waals surface area contributed by atoms with E-state index >= 15 is 0 Å². The van der Waals surface area contributed by atoms with Gasteiger partial charge in [0, 0.05) is 17.4 Å². The summed E-state index contributed by atoms with van der Waals surface area (Å²) in [5, 5.41) is 14.6. The Bertz CT molecular complexity index is 351. The molecule has 0 heterocycles. The van der Waals surface area contributed by atoms with Crippen molar-refractivity contribution in [3.05, 3.63) is 34.3 Å². The van der Waals surface area contributed by atoms with Gasteiger partial charge in [-0.1, -0.05) is 33.2 Å². The number of nitrogens with zero attached hydrogens (tertiary/aromatic N) is 1. The first-order chi connectivity index (χ1) is 8.22. The van der Waals surface area contributed by atoms with Gasteiger partial charge >= 0.3 is 0 Å². The van der Waals surface area contributed by atoms with Crippen LogP contribution in [0.15, 0.2) is 33.9 Å². The third-order valence-electron chi connectivity index (χ3n) is 2.41. The van der Waals surface area contributed by atoms with Crippen molar-refractivity contribution in [1.82, 2.24) is 5.32 Å². The Morgan fingerprint density at radius 1 is 1.29 bits per heavy atom. The van der Waals surface area contributed by atoms with E-state index in [9.17, 15) is 0 Å². The van der Waals surface area contributed by atoms with E-state index in [1.807, 2.05) is 12.1 Å². The van der Waals surface area contributed by atoms with E-state index in [-0.39, 0.29) is 0 Å². The summed E-state index contributed by atoms with van der Waals surface area (Å²) in [4.78, 5) is 0. The molecule has 0 amide bonds. The predicted octanol–water partition coefficient (Wildman–Crippen LogP) is 2.46. The first-order valence-corrected chi connectivity index (χ1v) is 6.43. The second-order valence-corrected chi connectivity index (χ2v) is 4.77. The maximum Gasteiger partial charge on any atom is 0.139 e. The van der Waals surface area contributed by atoms with Crippen LogP contribution < -0.4 is 11.1 Å². The van der Waals surface area contributed by atoms with Crippen LogP contribution in [0.25, 0.3) is 0 Å². The highest BCUT2D eigenvalue weighted by atomic mass is 79.9. The molecule has 0 aliphatic carbocycles. The fourth-order valence-electron chi connectivity index (χ4n) is 1.44. The lowest BCUT2D eigenvalue weighted by molar-refractivity contribution is 0.316. The maximum atomic E-state index is 8.35. The molecule has 4 N–H and O–H groups in total. The van der Waals surface area contributed by atoms with E-state index in [1.54, 1.807) is 0 Å². The lowest BCUT2D eigenvalue weighted by atomic mass is 10.2. The van der Waals surface area contributed by atoms with E-state index in [1.165, 1.54) is 5.56 Å². The number of halogens is 1. The molecule has 0 unspecified atom stereocenters. The first-order valence-electron chi connectivity index (χ1n) is 5.64. The second kappa shape index (κ2) is 8.08. The van der Waals surface area contributed by atoms with Crippen LogP contribution in [-0.4, -0.2) is 17.6 Å². The summed E-state index contributed by atoms with van der Waals surface area (Å²) in [7, 11) is 0. The summed E-state index contributed by atoms with van der Waals surface area (Å²) in [5.41, 5.74) is 6.64. The highest BCUT2D eigenvalue weighted by molar-refractivity contribution is 9.10. The number of hydrogen-bond acceptors (Lipinski definition) is 3. The van der Waals surface area contributed by atoms with Crippen LogP contribution in [-0.2, 0) is 6.54 Å². The molecule has 0 saturated heterocycles. The fourth-order valence-corrected chi connectivity index (χ4v) is 1.71. The number of oxime groups is 1. The molecule has 0 aliphatic rings. The zero-order valence-electron chi connectivity index (χ0n) is 9.69. The second-order valence-electron chi connectivity index (χ2n) is 3.85. The van der Waals surface area contributed by atoms with Gasteiger partial charge in [-0.3, -0.25) is 0 Å². The predicted molar refractivity (Wildman–Crippen MR) is 73.1 cm³/mol. The minimum Gasteiger partial charge on any atom is -0.409 e. The first kappa shape index (κ1) is 14.0. The van der Waals surface area contributed by atoms with E-state index in [0.29, 0.717) is 12.3 Å². The monoisotopic (exact) mass is 299 g/mol. The van der Waals surface area contributed by atoms with Gasteiger partial charge < -0.3 is 16.3 Å². The minimum atomic E-state index is 0.304. The van der Waals surface area contributed by atoms with Crippen molar-refractivity contribution in [2.45, 2.75) is 25.8 Å². The third kappa shape index (κ3) is 6.28. The summed E-state index contributed by atoms with van der Waals surface area (Å²) in [6.07, 6.45) is 2.60. The van der Waals surface area contributed by atoms with Gasteiger partial charge in [0.2, 0.25) is 0 Å². The van der Waals surface area contributed by atoms with Crippen LogP contribution in [0.4, 0.5) is 0 Å². The summed E-state index contributed by atoms with van der Waals surface area (Å²) in [5.74, 6) is 0.304. The molecule has 1 rings (SSSR count). The molecular weight excluding hydrogens is 282 g/mol. The van der Waals surface area contributed by atoms with Crippen LogP contribution in [0.2, 0.25) is 0 Å². The Balaban J connectivity index is 2.06. The van der Waals surface area contributed by atoms with Gasteiger partial charge in [0.25, 0.3) is 0 Å². The molecule has 0 radical (unpaired) electrons. The highest BCUT2D eigenvalue weighted by Crippen LogP contribution is 2.10. The minimum absolute atomic E-state index is 0.304. The average Bonchev–Trinajstić information content (AvgIpc) is 2.35. The van der Waals surface area contributed by atoms with Crippen molar-refractivity contribution in [3.8, 4) is 0 Å². The van der Waals surface area contributed by atoms with Gasteiger partial charge in [-0.2, -0.15) is 0 Å².